The van der Waals surface area contributed by atoms with E-state index in [1.54, 1.807) is 0 Å². The highest BCUT2D eigenvalue weighted by Gasteiger charge is 2.50. The van der Waals surface area contributed by atoms with Crippen molar-refractivity contribution >= 4 is 5.97 Å². The first-order chi connectivity index (χ1) is 8.05. The van der Waals surface area contributed by atoms with Crippen LogP contribution in [0.2, 0.25) is 0 Å². The van der Waals surface area contributed by atoms with E-state index in [9.17, 15) is 9.90 Å². The lowest BCUT2D eigenvalue weighted by Crippen LogP contribution is -2.47. The number of carbonyl (C=O) groups is 1. The Morgan fingerprint density at radius 2 is 1.94 bits per heavy atom. The highest BCUT2D eigenvalue weighted by molar-refractivity contribution is 5.81. The summed E-state index contributed by atoms with van der Waals surface area (Å²) in [7, 11) is 0. The lowest BCUT2D eigenvalue weighted by Gasteiger charge is -2.45. The maximum atomic E-state index is 12.4. The number of rotatable bonds is 2. The number of carbonyl (C=O) groups excluding carboxylic acids is 1. The summed E-state index contributed by atoms with van der Waals surface area (Å²) in [5, 5.41) is 9.75. The predicted molar refractivity (Wildman–Crippen MR) is 72.1 cm³/mol. The van der Waals surface area contributed by atoms with E-state index in [0.717, 1.165) is 18.4 Å². The molecule has 3 nitrogen and oxygen atoms in total. The third-order valence-corrected chi connectivity index (χ3v) is 3.86. The van der Waals surface area contributed by atoms with Crippen LogP contribution in [0.25, 0.3) is 0 Å². The standard InChI is InChI=1S/C15H26O3/c1-11-14(5,6)8-7-9-15(11,10-16)12(17)18-13(2,3)4/h16H,1,7-10H2,2-6H3/t15-/m1/s1. The van der Waals surface area contributed by atoms with Crippen LogP contribution in [0.3, 0.4) is 0 Å². The Kier molecular flexibility index (Phi) is 3.97. The summed E-state index contributed by atoms with van der Waals surface area (Å²) in [6, 6.07) is 0. The van der Waals surface area contributed by atoms with Gasteiger partial charge in [0.15, 0.2) is 0 Å². The van der Waals surface area contributed by atoms with Crippen molar-refractivity contribution in [1.82, 2.24) is 0 Å². The van der Waals surface area contributed by atoms with Crippen molar-refractivity contribution in [2.75, 3.05) is 6.61 Å². The molecule has 1 N–H and O–H groups in total. The molecule has 1 rings (SSSR count). The van der Waals surface area contributed by atoms with Gasteiger partial charge >= 0.3 is 5.97 Å². The van der Waals surface area contributed by atoms with Crippen molar-refractivity contribution in [2.24, 2.45) is 10.8 Å². The van der Waals surface area contributed by atoms with Crippen LogP contribution in [-0.2, 0) is 9.53 Å². The molecule has 0 aromatic heterocycles. The Labute approximate surface area is 110 Å². The van der Waals surface area contributed by atoms with Gasteiger partial charge in [0.2, 0.25) is 0 Å². The average molecular weight is 254 g/mol. The van der Waals surface area contributed by atoms with Crippen molar-refractivity contribution in [1.29, 1.82) is 0 Å². The largest absolute Gasteiger partial charge is 0.459 e. The van der Waals surface area contributed by atoms with Gasteiger partial charge in [-0.25, -0.2) is 0 Å². The van der Waals surface area contributed by atoms with Crippen LogP contribution in [-0.4, -0.2) is 23.3 Å². The van der Waals surface area contributed by atoms with Crippen molar-refractivity contribution in [3.63, 3.8) is 0 Å². The smallest absolute Gasteiger partial charge is 0.319 e. The van der Waals surface area contributed by atoms with E-state index in [1.165, 1.54) is 0 Å². The molecule has 0 aliphatic heterocycles. The number of aliphatic hydroxyl groups excluding tert-OH is 1. The summed E-state index contributed by atoms with van der Waals surface area (Å²) in [5.41, 5.74) is -0.786. The quantitative estimate of drug-likeness (QED) is 0.608. The third kappa shape index (κ3) is 2.77. The first kappa shape index (κ1) is 15.2. The second kappa shape index (κ2) is 4.69. The molecular weight excluding hydrogens is 228 g/mol. The Morgan fingerprint density at radius 1 is 1.39 bits per heavy atom. The average Bonchev–Trinajstić information content (AvgIpc) is 2.19. The van der Waals surface area contributed by atoms with Crippen molar-refractivity contribution < 1.29 is 14.6 Å². The fourth-order valence-corrected chi connectivity index (χ4v) is 2.62. The minimum absolute atomic E-state index is 0.127. The zero-order chi connectivity index (χ0) is 14.2. The van der Waals surface area contributed by atoms with Gasteiger partial charge in [-0.05, 0) is 39.0 Å². The molecule has 3 heteroatoms. The molecule has 0 saturated heterocycles. The molecule has 1 atom stereocenters. The molecule has 104 valence electrons. The normalized spacial score (nSPS) is 28.0. The highest BCUT2D eigenvalue weighted by Crippen LogP contribution is 2.50. The molecule has 1 saturated carbocycles. The minimum Gasteiger partial charge on any atom is -0.459 e. The SMILES string of the molecule is C=C1C(C)(C)CCC[C@]1(CO)C(=O)OC(C)(C)C. The van der Waals surface area contributed by atoms with Crippen molar-refractivity contribution in [3.8, 4) is 0 Å². The van der Waals surface area contributed by atoms with Crippen molar-refractivity contribution in [3.05, 3.63) is 12.2 Å². The molecule has 0 heterocycles. The summed E-state index contributed by atoms with van der Waals surface area (Å²) < 4.78 is 5.48. The van der Waals surface area contributed by atoms with Gasteiger partial charge in [0.25, 0.3) is 0 Å². The van der Waals surface area contributed by atoms with Gasteiger partial charge in [-0.15, -0.1) is 0 Å². The number of hydrogen-bond acceptors (Lipinski definition) is 3. The van der Waals surface area contributed by atoms with Crippen LogP contribution in [0.5, 0.6) is 0 Å². The molecule has 0 amide bonds. The highest BCUT2D eigenvalue weighted by atomic mass is 16.6. The Balaban J connectivity index is 3.05. The van der Waals surface area contributed by atoms with Crippen LogP contribution < -0.4 is 0 Å². The summed E-state index contributed by atoms with van der Waals surface area (Å²) in [5.74, 6) is -0.338. The van der Waals surface area contributed by atoms with Gasteiger partial charge in [0.1, 0.15) is 11.0 Å². The molecule has 0 aromatic rings. The van der Waals surface area contributed by atoms with Crippen LogP contribution in [0.4, 0.5) is 0 Å². The molecular formula is C15H26O3. The molecule has 0 spiro atoms. The summed E-state index contributed by atoms with van der Waals surface area (Å²) in [6.07, 6.45) is 2.53. The van der Waals surface area contributed by atoms with E-state index in [2.05, 4.69) is 20.4 Å². The predicted octanol–water partition coefficient (Wildman–Crippen LogP) is 3.07. The lowest BCUT2D eigenvalue weighted by molar-refractivity contribution is -0.170. The number of esters is 1. The Morgan fingerprint density at radius 3 is 2.39 bits per heavy atom. The molecule has 0 unspecified atom stereocenters. The van der Waals surface area contributed by atoms with E-state index in [-0.39, 0.29) is 18.0 Å². The van der Waals surface area contributed by atoms with Gasteiger partial charge in [-0.1, -0.05) is 32.4 Å². The van der Waals surface area contributed by atoms with E-state index >= 15 is 0 Å². The van der Waals surface area contributed by atoms with Crippen LogP contribution in [0, 0.1) is 10.8 Å². The van der Waals surface area contributed by atoms with Gasteiger partial charge in [-0.2, -0.15) is 0 Å². The molecule has 0 radical (unpaired) electrons. The zero-order valence-corrected chi connectivity index (χ0v) is 12.3. The zero-order valence-electron chi connectivity index (χ0n) is 12.3. The number of hydrogen-bond donors (Lipinski definition) is 1. The van der Waals surface area contributed by atoms with E-state index in [0.29, 0.717) is 6.42 Å². The van der Waals surface area contributed by atoms with E-state index in [1.807, 2.05) is 20.8 Å². The fourth-order valence-electron chi connectivity index (χ4n) is 2.62. The second-order valence-corrected chi connectivity index (χ2v) is 6.96. The van der Waals surface area contributed by atoms with Crippen LogP contribution in [0.15, 0.2) is 12.2 Å². The second-order valence-electron chi connectivity index (χ2n) is 6.96. The molecule has 1 aliphatic carbocycles. The van der Waals surface area contributed by atoms with E-state index < -0.39 is 11.0 Å². The first-order valence-corrected chi connectivity index (χ1v) is 6.59. The van der Waals surface area contributed by atoms with E-state index in [4.69, 9.17) is 4.74 Å². The lowest BCUT2D eigenvalue weighted by atomic mass is 9.60. The monoisotopic (exact) mass is 254 g/mol. The number of ether oxygens (including phenoxy) is 1. The first-order valence-electron chi connectivity index (χ1n) is 6.59. The summed E-state index contributed by atoms with van der Waals surface area (Å²) in [4.78, 5) is 12.4. The third-order valence-electron chi connectivity index (χ3n) is 3.86. The van der Waals surface area contributed by atoms with Crippen molar-refractivity contribution in [2.45, 2.75) is 59.5 Å². The molecule has 1 fully saturated rings. The van der Waals surface area contributed by atoms with Gasteiger partial charge < -0.3 is 9.84 Å². The van der Waals surface area contributed by atoms with Gasteiger partial charge in [-0.3, -0.25) is 4.79 Å². The minimum atomic E-state index is -0.922. The Bertz CT molecular complexity index is 349. The molecule has 18 heavy (non-hydrogen) atoms. The molecule has 0 aromatic carbocycles. The van der Waals surface area contributed by atoms with Crippen LogP contribution in [0.1, 0.15) is 53.9 Å². The summed E-state index contributed by atoms with van der Waals surface area (Å²) in [6.45, 7) is 13.5. The Hall–Kier alpha value is -0.830. The summed E-state index contributed by atoms with van der Waals surface area (Å²) >= 11 is 0. The van der Waals surface area contributed by atoms with Gasteiger partial charge in [0, 0.05) is 0 Å². The number of aliphatic hydroxyl groups is 1. The fraction of sp³-hybridized carbons (Fsp3) is 0.800. The maximum absolute atomic E-state index is 12.4. The van der Waals surface area contributed by atoms with Gasteiger partial charge in [0.05, 0.1) is 6.61 Å². The maximum Gasteiger partial charge on any atom is 0.319 e. The van der Waals surface area contributed by atoms with Crippen LogP contribution >= 0.6 is 0 Å². The topological polar surface area (TPSA) is 46.5 Å². The molecule has 1 aliphatic rings. The molecule has 0 bridgehead atoms.